The topological polar surface area (TPSA) is 26.3 Å². The summed E-state index contributed by atoms with van der Waals surface area (Å²) in [5.74, 6) is 0.0579. The van der Waals surface area contributed by atoms with Gasteiger partial charge in [-0.05, 0) is 23.8 Å². The first kappa shape index (κ1) is 13.1. The smallest absolute Gasteiger partial charge is 0.309 e. The van der Waals surface area contributed by atoms with Gasteiger partial charge in [-0.1, -0.05) is 51.1 Å². The lowest BCUT2D eigenvalue weighted by Gasteiger charge is -2.18. The number of esters is 1. The Morgan fingerprint density at radius 3 is 2.50 bits per heavy atom. The summed E-state index contributed by atoms with van der Waals surface area (Å²) in [6.07, 6.45) is 2.79. The van der Waals surface area contributed by atoms with Gasteiger partial charge in [-0.2, -0.15) is 0 Å². The molecule has 2 heteroatoms. The van der Waals surface area contributed by atoms with E-state index in [-0.39, 0.29) is 23.4 Å². The zero-order valence-corrected chi connectivity index (χ0v) is 11.5. The van der Waals surface area contributed by atoms with Crippen molar-refractivity contribution >= 4 is 5.97 Å². The third kappa shape index (κ3) is 3.34. The zero-order chi connectivity index (χ0) is 13.2. The van der Waals surface area contributed by atoms with Crippen LogP contribution < -0.4 is 0 Å². The zero-order valence-electron chi connectivity index (χ0n) is 11.5. The van der Waals surface area contributed by atoms with Gasteiger partial charge in [0.1, 0.15) is 6.10 Å². The van der Waals surface area contributed by atoms with E-state index in [0.29, 0.717) is 0 Å². The molecule has 0 N–H and O–H groups in total. The second kappa shape index (κ2) is 5.13. The molecule has 0 saturated carbocycles. The van der Waals surface area contributed by atoms with Crippen LogP contribution in [-0.4, -0.2) is 5.97 Å². The van der Waals surface area contributed by atoms with Crippen LogP contribution in [0, 0.1) is 11.3 Å². The van der Waals surface area contributed by atoms with Gasteiger partial charge >= 0.3 is 5.97 Å². The second-order valence-electron chi connectivity index (χ2n) is 6.37. The van der Waals surface area contributed by atoms with Gasteiger partial charge in [0.05, 0.1) is 5.92 Å². The highest BCUT2D eigenvalue weighted by molar-refractivity contribution is 5.74. The molecule has 0 amide bonds. The molecule has 0 aliphatic carbocycles. The minimum absolute atomic E-state index is 0.0203. The number of hydrogen-bond donors (Lipinski definition) is 0. The van der Waals surface area contributed by atoms with Crippen molar-refractivity contribution in [1.29, 1.82) is 0 Å². The first-order valence-corrected chi connectivity index (χ1v) is 6.71. The summed E-state index contributed by atoms with van der Waals surface area (Å²) in [7, 11) is 0. The van der Waals surface area contributed by atoms with Crippen LogP contribution in [0.5, 0.6) is 0 Å². The summed E-state index contributed by atoms with van der Waals surface area (Å²) in [6, 6.07) is 10.0. The quantitative estimate of drug-likeness (QED) is 0.750. The first-order valence-electron chi connectivity index (χ1n) is 6.71. The Morgan fingerprint density at radius 2 is 1.89 bits per heavy atom. The van der Waals surface area contributed by atoms with E-state index in [9.17, 15) is 4.79 Å². The molecule has 1 fully saturated rings. The van der Waals surface area contributed by atoms with Crippen LogP contribution in [0.2, 0.25) is 0 Å². The lowest BCUT2D eigenvalue weighted by atomic mass is 9.85. The van der Waals surface area contributed by atoms with E-state index < -0.39 is 0 Å². The van der Waals surface area contributed by atoms with Crippen LogP contribution in [0.3, 0.4) is 0 Å². The van der Waals surface area contributed by atoms with Crippen molar-refractivity contribution < 1.29 is 9.53 Å². The van der Waals surface area contributed by atoms with E-state index in [0.717, 1.165) is 24.8 Å². The molecule has 18 heavy (non-hydrogen) atoms. The van der Waals surface area contributed by atoms with E-state index in [1.165, 1.54) is 0 Å². The summed E-state index contributed by atoms with van der Waals surface area (Å²) >= 11 is 0. The summed E-state index contributed by atoms with van der Waals surface area (Å²) in [6.45, 7) is 6.63. The predicted molar refractivity (Wildman–Crippen MR) is 72.1 cm³/mol. The molecule has 98 valence electrons. The second-order valence-corrected chi connectivity index (χ2v) is 6.37. The van der Waals surface area contributed by atoms with Crippen LogP contribution in [0.1, 0.15) is 51.7 Å². The minimum atomic E-state index is -0.0383. The fourth-order valence-electron chi connectivity index (χ4n) is 2.35. The number of carbonyl (C=O) groups excluding carboxylic acids is 1. The van der Waals surface area contributed by atoms with Gasteiger partial charge in [-0.25, -0.2) is 0 Å². The van der Waals surface area contributed by atoms with E-state index in [1.54, 1.807) is 0 Å². The number of benzene rings is 1. The maximum atomic E-state index is 11.9. The van der Waals surface area contributed by atoms with Crippen LogP contribution in [0.4, 0.5) is 0 Å². The van der Waals surface area contributed by atoms with Gasteiger partial charge in [0.25, 0.3) is 0 Å². The SMILES string of the molecule is CC(C)(C)CCC1CC(c2ccccc2)OC1=O. The Bertz CT molecular complexity index is 403. The lowest BCUT2D eigenvalue weighted by molar-refractivity contribution is -0.144. The highest BCUT2D eigenvalue weighted by Crippen LogP contribution is 2.37. The average molecular weight is 246 g/mol. The van der Waals surface area contributed by atoms with Crippen molar-refractivity contribution in [2.45, 2.75) is 46.1 Å². The Balaban J connectivity index is 1.95. The average Bonchev–Trinajstić information content (AvgIpc) is 2.68. The summed E-state index contributed by atoms with van der Waals surface area (Å²) in [5, 5.41) is 0. The van der Waals surface area contributed by atoms with Crippen LogP contribution >= 0.6 is 0 Å². The number of hydrogen-bond acceptors (Lipinski definition) is 2. The Hall–Kier alpha value is -1.31. The standard InChI is InChI=1S/C16H22O2/c1-16(2,3)10-9-13-11-14(18-15(13)17)12-7-5-4-6-8-12/h4-8,13-14H,9-11H2,1-3H3. The highest BCUT2D eigenvalue weighted by Gasteiger charge is 2.35. The van der Waals surface area contributed by atoms with E-state index in [2.05, 4.69) is 20.8 Å². The van der Waals surface area contributed by atoms with Gasteiger partial charge in [0.2, 0.25) is 0 Å². The molecule has 0 aromatic heterocycles. The molecule has 1 heterocycles. The van der Waals surface area contributed by atoms with Crippen molar-refractivity contribution in [1.82, 2.24) is 0 Å². The molecule has 0 bridgehead atoms. The molecule has 1 aliphatic rings. The number of rotatable bonds is 3. The molecule has 2 atom stereocenters. The van der Waals surface area contributed by atoms with Crippen molar-refractivity contribution in [3.05, 3.63) is 35.9 Å². The molecule has 2 unspecified atom stereocenters. The Labute approximate surface area is 109 Å². The fraction of sp³-hybridized carbons (Fsp3) is 0.562. The maximum absolute atomic E-state index is 11.9. The molecular weight excluding hydrogens is 224 g/mol. The van der Waals surface area contributed by atoms with Crippen LogP contribution in [0.15, 0.2) is 30.3 Å². The van der Waals surface area contributed by atoms with Gasteiger partial charge in [0.15, 0.2) is 0 Å². The number of ether oxygens (including phenoxy) is 1. The lowest BCUT2D eigenvalue weighted by Crippen LogP contribution is -2.12. The van der Waals surface area contributed by atoms with Gasteiger partial charge < -0.3 is 4.74 Å². The highest BCUT2D eigenvalue weighted by atomic mass is 16.5. The summed E-state index contributed by atoms with van der Waals surface area (Å²) < 4.78 is 5.49. The van der Waals surface area contributed by atoms with Gasteiger partial charge in [0, 0.05) is 6.42 Å². The van der Waals surface area contributed by atoms with Crippen molar-refractivity contribution in [3.63, 3.8) is 0 Å². The van der Waals surface area contributed by atoms with Crippen molar-refractivity contribution in [2.75, 3.05) is 0 Å². The monoisotopic (exact) mass is 246 g/mol. The molecular formula is C16H22O2. The van der Waals surface area contributed by atoms with Gasteiger partial charge in [-0.3, -0.25) is 4.79 Å². The summed E-state index contributed by atoms with van der Waals surface area (Å²) in [4.78, 5) is 11.9. The molecule has 2 nitrogen and oxygen atoms in total. The third-order valence-electron chi connectivity index (χ3n) is 3.50. The molecule has 2 rings (SSSR count). The van der Waals surface area contributed by atoms with E-state index in [4.69, 9.17) is 4.74 Å². The minimum Gasteiger partial charge on any atom is -0.457 e. The van der Waals surface area contributed by atoms with Gasteiger partial charge in [-0.15, -0.1) is 0 Å². The number of cyclic esters (lactones) is 1. The molecule has 1 saturated heterocycles. The van der Waals surface area contributed by atoms with Crippen LogP contribution in [-0.2, 0) is 9.53 Å². The molecule has 0 radical (unpaired) electrons. The molecule has 1 aromatic carbocycles. The van der Waals surface area contributed by atoms with Crippen molar-refractivity contribution in [2.24, 2.45) is 11.3 Å². The Kier molecular flexibility index (Phi) is 3.74. The first-order chi connectivity index (χ1) is 8.46. The van der Waals surface area contributed by atoms with Crippen LogP contribution in [0.25, 0.3) is 0 Å². The van der Waals surface area contributed by atoms with E-state index >= 15 is 0 Å². The number of carbonyl (C=O) groups is 1. The maximum Gasteiger partial charge on any atom is 0.309 e. The largest absolute Gasteiger partial charge is 0.457 e. The predicted octanol–water partition coefficient (Wildman–Crippen LogP) is 4.12. The molecule has 0 spiro atoms. The molecule has 1 aliphatic heterocycles. The Morgan fingerprint density at radius 1 is 1.22 bits per heavy atom. The third-order valence-corrected chi connectivity index (χ3v) is 3.50. The fourth-order valence-corrected chi connectivity index (χ4v) is 2.35. The normalized spacial score (nSPS) is 24.1. The van der Waals surface area contributed by atoms with E-state index in [1.807, 2.05) is 30.3 Å². The van der Waals surface area contributed by atoms with Crippen molar-refractivity contribution in [3.8, 4) is 0 Å². The molecule has 1 aromatic rings. The summed E-state index contributed by atoms with van der Waals surface area (Å²) in [5.41, 5.74) is 1.40.